The summed E-state index contributed by atoms with van der Waals surface area (Å²) in [5, 5.41) is 2.08. The molecule has 0 amide bonds. The molecule has 8 heteroatoms. The predicted octanol–water partition coefficient (Wildman–Crippen LogP) is 11.3. The van der Waals surface area contributed by atoms with Gasteiger partial charge in [0.2, 0.25) is 0 Å². The minimum absolute atomic E-state index is 0.0405. The van der Waals surface area contributed by atoms with Gasteiger partial charge < -0.3 is 18.9 Å². The molecular formula is C54H40O8. The Morgan fingerprint density at radius 3 is 1.60 bits per heavy atom. The lowest BCUT2D eigenvalue weighted by molar-refractivity contribution is 0.0725. The van der Waals surface area contributed by atoms with Crippen LogP contribution < -0.4 is 18.9 Å². The summed E-state index contributed by atoms with van der Waals surface area (Å²) in [5.74, 6) is 0.170. The molecule has 0 spiro atoms. The van der Waals surface area contributed by atoms with E-state index in [2.05, 4.69) is 36.4 Å². The van der Waals surface area contributed by atoms with E-state index in [-0.39, 0.29) is 23.4 Å². The van der Waals surface area contributed by atoms with Crippen LogP contribution in [0, 0.1) is 5.92 Å². The van der Waals surface area contributed by atoms with Gasteiger partial charge in [0.15, 0.2) is 11.6 Å². The van der Waals surface area contributed by atoms with Gasteiger partial charge in [-0.1, -0.05) is 85.0 Å². The van der Waals surface area contributed by atoms with Crippen LogP contribution in [0.5, 0.6) is 23.0 Å². The fourth-order valence-electron chi connectivity index (χ4n) is 7.55. The van der Waals surface area contributed by atoms with Crippen molar-refractivity contribution < 1.29 is 38.1 Å². The molecule has 2 aliphatic rings. The van der Waals surface area contributed by atoms with Gasteiger partial charge in [-0.3, -0.25) is 9.59 Å². The van der Waals surface area contributed by atoms with Crippen LogP contribution in [0.2, 0.25) is 0 Å². The number of hydrogen-bond acceptors (Lipinski definition) is 8. The topological polar surface area (TPSA) is 105 Å². The molecule has 0 fully saturated rings. The van der Waals surface area contributed by atoms with Crippen molar-refractivity contribution in [2.75, 3.05) is 14.2 Å². The first kappa shape index (κ1) is 40.7. The minimum atomic E-state index is -0.521. The molecule has 0 aromatic heterocycles. The molecule has 6 aromatic carbocycles. The van der Waals surface area contributed by atoms with Gasteiger partial charge in [0.25, 0.3) is 0 Å². The first-order valence-corrected chi connectivity index (χ1v) is 19.9. The summed E-state index contributed by atoms with van der Waals surface area (Å²) in [6.45, 7) is 0. The normalized spacial score (nSPS) is 15.5. The number of ketones is 2. The third-order valence-corrected chi connectivity index (χ3v) is 10.8. The zero-order valence-corrected chi connectivity index (χ0v) is 33.9. The Kier molecular flexibility index (Phi) is 12.1. The molecule has 2 aliphatic carbocycles. The van der Waals surface area contributed by atoms with Crippen molar-refractivity contribution in [1.82, 2.24) is 0 Å². The average Bonchev–Trinajstić information content (AvgIpc) is 3.32. The van der Waals surface area contributed by atoms with Crippen LogP contribution in [0.1, 0.15) is 58.5 Å². The summed E-state index contributed by atoms with van der Waals surface area (Å²) in [6, 6.07) is 38.4. The summed E-state index contributed by atoms with van der Waals surface area (Å²) in [6.07, 6.45) is 19.3. The fraction of sp³-hybridized carbons (Fsp3) is 0.0741. The molecule has 0 aliphatic heterocycles. The van der Waals surface area contributed by atoms with Crippen LogP contribution in [0.25, 0.3) is 16.8 Å². The minimum Gasteiger partial charge on any atom is -0.497 e. The Morgan fingerprint density at radius 2 is 1.03 bits per heavy atom. The molecule has 0 bridgehead atoms. The van der Waals surface area contributed by atoms with Crippen LogP contribution in [0.4, 0.5) is 0 Å². The highest BCUT2D eigenvalue weighted by atomic mass is 16.5. The second kappa shape index (κ2) is 18.4. The molecule has 2 atom stereocenters. The number of carbonyl (C=O) groups is 4. The number of benzene rings is 6. The largest absolute Gasteiger partial charge is 0.497 e. The maximum Gasteiger partial charge on any atom is 0.343 e. The lowest BCUT2D eigenvalue weighted by Gasteiger charge is -2.33. The van der Waals surface area contributed by atoms with Gasteiger partial charge in [-0.2, -0.15) is 0 Å². The first-order valence-electron chi connectivity index (χ1n) is 19.9. The molecule has 0 N–H and O–H groups in total. The molecule has 0 saturated heterocycles. The van der Waals surface area contributed by atoms with Gasteiger partial charge in [-0.25, -0.2) is 9.59 Å². The summed E-state index contributed by atoms with van der Waals surface area (Å²) in [7, 11) is 3.11. The predicted molar refractivity (Wildman–Crippen MR) is 240 cm³/mol. The molecule has 304 valence electrons. The molecule has 0 radical (unpaired) electrons. The van der Waals surface area contributed by atoms with E-state index in [9.17, 15) is 19.2 Å². The van der Waals surface area contributed by atoms with Crippen molar-refractivity contribution in [3.05, 3.63) is 233 Å². The van der Waals surface area contributed by atoms with E-state index in [0.717, 1.165) is 33.0 Å². The van der Waals surface area contributed by atoms with E-state index in [1.807, 2.05) is 48.6 Å². The van der Waals surface area contributed by atoms with Crippen molar-refractivity contribution in [3.63, 3.8) is 0 Å². The van der Waals surface area contributed by atoms with Crippen molar-refractivity contribution in [2.45, 2.75) is 5.92 Å². The molecule has 0 heterocycles. The van der Waals surface area contributed by atoms with Gasteiger partial charge in [0.1, 0.15) is 23.0 Å². The molecule has 1 unspecified atom stereocenters. The Morgan fingerprint density at radius 1 is 0.516 bits per heavy atom. The SMILES string of the molecule is COc1ccc(C(=O)Oc2ccc(C(=O)/C=C\C3=CC=C4C=CC=CC4[C@H]3c3c(/C=C\C(=O)c4ccc(OC(=O)c5ccc(OC)cc5)cc4)ccc4ccccc34)cc2)cc1. The second-order valence-corrected chi connectivity index (χ2v) is 14.6. The number of ether oxygens (including phenoxy) is 4. The number of carbonyl (C=O) groups excluding carboxylic acids is 4. The van der Waals surface area contributed by atoms with Crippen molar-refractivity contribution in [1.29, 1.82) is 0 Å². The van der Waals surface area contributed by atoms with Crippen LogP contribution in [0.3, 0.4) is 0 Å². The molecule has 8 nitrogen and oxygen atoms in total. The molecule has 62 heavy (non-hydrogen) atoms. The number of esters is 2. The zero-order chi connectivity index (χ0) is 43.0. The number of hydrogen-bond donors (Lipinski definition) is 0. The van der Waals surface area contributed by atoms with E-state index in [1.54, 1.807) is 123 Å². The Labute approximate surface area is 359 Å². The zero-order valence-electron chi connectivity index (χ0n) is 33.9. The maximum absolute atomic E-state index is 13.6. The Hall–Kier alpha value is -8.10. The summed E-state index contributed by atoms with van der Waals surface area (Å²) >= 11 is 0. The smallest absolute Gasteiger partial charge is 0.343 e. The molecule has 6 aromatic rings. The van der Waals surface area contributed by atoms with Crippen molar-refractivity contribution in [2.24, 2.45) is 5.92 Å². The van der Waals surface area contributed by atoms with Crippen molar-refractivity contribution >= 4 is 40.4 Å². The third kappa shape index (κ3) is 9.05. The Balaban J connectivity index is 1.03. The number of fused-ring (bicyclic) bond motifs is 2. The van der Waals surface area contributed by atoms with E-state index in [4.69, 9.17) is 18.9 Å². The lowest BCUT2D eigenvalue weighted by Crippen LogP contribution is -2.20. The number of allylic oxidation sites excluding steroid dienone is 11. The summed E-state index contributed by atoms with van der Waals surface area (Å²) < 4.78 is 21.4. The van der Waals surface area contributed by atoms with Gasteiger partial charge >= 0.3 is 11.9 Å². The highest BCUT2D eigenvalue weighted by Crippen LogP contribution is 2.46. The van der Waals surface area contributed by atoms with E-state index in [0.29, 0.717) is 45.3 Å². The summed E-state index contributed by atoms with van der Waals surface area (Å²) in [5.41, 5.74) is 5.56. The fourth-order valence-corrected chi connectivity index (χ4v) is 7.55. The maximum atomic E-state index is 13.6. The summed E-state index contributed by atoms with van der Waals surface area (Å²) in [4.78, 5) is 52.6. The Bertz CT molecular complexity index is 2850. The molecule has 8 rings (SSSR count). The van der Waals surface area contributed by atoms with Gasteiger partial charge in [0, 0.05) is 23.0 Å². The highest BCUT2D eigenvalue weighted by molar-refractivity contribution is 6.07. The number of rotatable bonds is 13. The van der Waals surface area contributed by atoms with Crippen molar-refractivity contribution in [3.8, 4) is 23.0 Å². The molecular weight excluding hydrogens is 777 g/mol. The third-order valence-electron chi connectivity index (χ3n) is 10.8. The van der Waals surface area contributed by atoms with Gasteiger partial charge in [-0.15, -0.1) is 0 Å². The highest BCUT2D eigenvalue weighted by Gasteiger charge is 2.32. The van der Waals surface area contributed by atoms with Crippen LogP contribution in [-0.2, 0) is 0 Å². The van der Waals surface area contributed by atoms with E-state index in [1.165, 1.54) is 0 Å². The molecule has 0 saturated carbocycles. The average molecular weight is 817 g/mol. The van der Waals surface area contributed by atoms with E-state index >= 15 is 0 Å². The number of methoxy groups -OCH3 is 2. The van der Waals surface area contributed by atoms with Gasteiger partial charge in [-0.05, 0) is 142 Å². The quantitative estimate of drug-likeness (QED) is 0.0491. The van der Waals surface area contributed by atoms with Gasteiger partial charge in [0.05, 0.1) is 25.3 Å². The lowest BCUT2D eigenvalue weighted by atomic mass is 9.70. The van der Waals surface area contributed by atoms with Crippen LogP contribution in [0.15, 0.2) is 199 Å². The standard InChI is InChI=1S/C54H40O8/c1-59-43-25-19-41(20-26-43)53(57)61-45-29-15-37(16-30-45)49(55)33-23-39-13-11-35-7-3-5-9-47(35)51(39)52-40(14-12-36-8-4-6-10-48(36)52)24-34-50(56)38-17-31-46(32-18-38)62-54(58)42-21-27-44(60-2)28-22-42/h3-34,47,51H,1-2H3/b33-23-,34-24-/t47?,51-/m0/s1. The first-order chi connectivity index (χ1) is 30.3. The second-order valence-electron chi connectivity index (χ2n) is 14.6. The monoisotopic (exact) mass is 816 g/mol. The van der Waals surface area contributed by atoms with Crippen LogP contribution >= 0.6 is 0 Å². The van der Waals surface area contributed by atoms with E-state index < -0.39 is 11.9 Å². The van der Waals surface area contributed by atoms with Crippen LogP contribution in [-0.4, -0.2) is 37.7 Å².